The maximum atomic E-state index is 11.2. The number of carboxylic acid groups (broad SMARTS) is 1. The highest BCUT2D eigenvalue weighted by Crippen LogP contribution is 2.31. The van der Waals surface area contributed by atoms with Crippen LogP contribution >= 0.6 is 23.4 Å². The summed E-state index contributed by atoms with van der Waals surface area (Å²) in [5.41, 5.74) is 0.742. The molecule has 1 N–H and O–H groups in total. The molecule has 0 spiro atoms. The third kappa shape index (κ3) is 3.74. The standard InChI is InChI=1S/C14H10ClNO4S/c15-12-4-2-1-3-9(12)8-21-13-7-10(16(19)20)5-6-11(13)14(17)18/h1-7H,8H2,(H,17,18). The minimum atomic E-state index is -1.12. The van der Waals surface area contributed by atoms with Gasteiger partial charge in [-0.05, 0) is 17.7 Å². The molecule has 0 unspecified atom stereocenters. The van der Waals surface area contributed by atoms with Crippen LogP contribution in [0.15, 0.2) is 47.4 Å². The molecule has 7 heteroatoms. The van der Waals surface area contributed by atoms with Crippen molar-refractivity contribution in [2.24, 2.45) is 0 Å². The molecule has 2 rings (SSSR count). The van der Waals surface area contributed by atoms with Crippen molar-refractivity contribution in [1.82, 2.24) is 0 Å². The molecule has 0 atom stereocenters. The first-order chi connectivity index (χ1) is 9.99. The van der Waals surface area contributed by atoms with Gasteiger partial charge in [0.1, 0.15) is 0 Å². The largest absolute Gasteiger partial charge is 0.478 e. The highest BCUT2D eigenvalue weighted by Gasteiger charge is 2.16. The third-order valence-electron chi connectivity index (χ3n) is 2.75. The summed E-state index contributed by atoms with van der Waals surface area (Å²) in [6, 6.07) is 10.9. The number of benzene rings is 2. The Balaban J connectivity index is 2.29. The number of hydrogen-bond acceptors (Lipinski definition) is 4. The molecule has 0 bridgehead atoms. The quantitative estimate of drug-likeness (QED) is 0.505. The second kappa shape index (κ2) is 6.60. The van der Waals surface area contributed by atoms with E-state index in [2.05, 4.69) is 0 Å². The van der Waals surface area contributed by atoms with Crippen molar-refractivity contribution in [3.63, 3.8) is 0 Å². The Morgan fingerprint density at radius 2 is 2.00 bits per heavy atom. The fraction of sp³-hybridized carbons (Fsp3) is 0.0714. The Morgan fingerprint density at radius 3 is 2.62 bits per heavy atom. The topological polar surface area (TPSA) is 80.4 Å². The molecule has 0 aliphatic rings. The predicted molar refractivity (Wildman–Crippen MR) is 81.1 cm³/mol. The fourth-order valence-electron chi connectivity index (χ4n) is 1.69. The van der Waals surface area contributed by atoms with Crippen LogP contribution in [0.1, 0.15) is 15.9 Å². The minimum Gasteiger partial charge on any atom is -0.478 e. The van der Waals surface area contributed by atoms with Gasteiger partial charge in [-0.1, -0.05) is 29.8 Å². The zero-order valence-electron chi connectivity index (χ0n) is 10.7. The number of hydrogen-bond donors (Lipinski definition) is 1. The lowest BCUT2D eigenvalue weighted by molar-refractivity contribution is -0.385. The summed E-state index contributed by atoms with van der Waals surface area (Å²) in [6.07, 6.45) is 0. The molecule has 0 amide bonds. The molecule has 108 valence electrons. The normalized spacial score (nSPS) is 10.3. The summed E-state index contributed by atoms with van der Waals surface area (Å²) in [4.78, 5) is 21.8. The Bertz CT molecular complexity index is 705. The zero-order valence-corrected chi connectivity index (χ0v) is 12.2. The highest BCUT2D eigenvalue weighted by atomic mass is 35.5. The number of carbonyl (C=O) groups is 1. The van der Waals surface area contributed by atoms with Gasteiger partial charge in [0.25, 0.3) is 5.69 Å². The van der Waals surface area contributed by atoms with E-state index in [1.165, 1.54) is 30.0 Å². The van der Waals surface area contributed by atoms with Crippen molar-refractivity contribution in [1.29, 1.82) is 0 Å². The Morgan fingerprint density at radius 1 is 1.29 bits per heavy atom. The smallest absolute Gasteiger partial charge is 0.336 e. The number of aromatic carboxylic acids is 1. The highest BCUT2D eigenvalue weighted by molar-refractivity contribution is 7.98. The molecule has 0 aliphatic heterocycles. The average Bonchev–Trinajstić information content (AvgIpc) is 2.46. The summed E-state index contributed by atoms with van der Waals surface area (Å²) in [5, 5.41) is 20.5. The van der Waals surface area contributed by atoms with Crippen LogP contribution in [-0.2, 0) is 5.75 Å². The van der Waals surface area contributed by atoms with Gasteiger partial charge < -0.3 is 5.11 Å². The van der Waals surface area contributed by atoms with Crippen LogP contribution in [0.5, 0.6) is 0 Å². The molecule has 0 heterocycles. The first kappa shape index (κ1) is 15.3. The zero-order chi connectivity index (χ0) is 15.4. The second-order valence-electron chi connectivity index (χ2n) is 4.12. The Hall–Kier alpha value is -2.05. The van der Waals surface area contributed by atoms with Crippen LogP contribution in [0.25, 0.3) is 0 Å². The lowest BCUT2D eigenvalue weighted by Gasteiger charge is -2.07. The van der Waals surface area contributed by atoms with E-state index in [1.54, 1.807) is 12.1 Å². The lowest BCUT2D eigenvalue weighted by Crippen LogP contribution is -2.00. The maximum Gasteiger partial charge on any atom is 0.336 e. The van der Waals surface area contributed by atoms with Crippen molar-refractivity contribution < 1.29 is 14.8 Å². The molecule has 21 heavy (non-hydrogen) atoms. The molecule has 2 aromatic carbocycles. The summed E-state index contributed by atoms with van der Waals surface area (Å²) >= 11 is 7.24. The molecule has 0 saturated heterocycles. The van der Waals surface area contributed by atoms with E-state index >= 15 is 0 Å². The van der Waals surface area contributed by atoms with E-state index in [9.17, 15) is 14.9 Å². The molecular formula is C14H10ClNO4S. The summed E-state index contributed by atoms with van der Waals surface area (Å²) in [6.45, 7) is 0. The van der Waals surface area contributed by atoms with Crippen LogP contribution < -0.4 is 0 Å². The lowest BCUT2D eigenvalue weighted by atomic mass is 10.2. The predicted octanol–water partition coefficient (Wildman–Crippen LogP) is 4.24. The van der Waals surface area contributed by atoms with Crippen molar-refractivity contribution in [2.75, 3.05) is 0 Å². The molecule has 0 saturated carbocycles. The molecule has 0 aliphatic carbocycles. The number of non-ortho nitro benzene ring substituents is 1. The van der Waals surface area contributed by atoms with Gasteiger partial charge in [0.05, 0.1) is 10.5 Å². The number of nitro groups is 1. The summed E-state index contributed by atoms with van der Waals surface area (Å²) in [5.74, 6) is -0.687. The first-order valence-corrected chi connectivity index (χ1v) is 7.23. The summed E-state index contributed by atoms with van der Waals surface area (Å²) in [7, 11) is 0. The third-order valence-corrected chi connectivity index (χ3v) is 4.22. The minimum absolute atomic E-state index is 0.0395. The van der Waals surface area contributed by atoms with Gasteiger partial charge in [0.2, 0.25) is 0 Å². The number of nitro benzene ring substituents is 1. The van der Waals surface area contributed by atoms with Crippen LogP contribution in [0.2, 0.25) is 5.02 Å². The molecule has 5 nitrogen and oxygen atoms in total. The molecule has 0 aromatic heterocycles. The average molecular weight is 324 g/mol. The van der Waals surface area contributed by atoms with Crippen LogP contribution in [0.3, 0.4) is 0 Å². The van der Waals surface area contributed by atoms with Crippen LogP contribution in [0.4, 0.5) is 5.69 Å². The van der Waals surface area contributed by atoms with Gasteiger partial charge >= 0.3 is 5.97 Å². The number of rotatable bonds is 5. The Labute approximate surface area is 129 Å². The number of thioether (sulfide) groups is 1. The van der Waals surface area contributed by atoms with E-state index in [0.717, 1.165) is 5.56 Å². The van der Waals surface area contributed by atoms with Crippen molar-refractivity contribution in [3.8, 4) is 0 Å². The van der Waals surface area contributed by atoms with Gasteiger partial charge in [-0.3, -0.25) is 10.1 Å². The van der Waals surface area contributed by atoms with Gasteiger partial charge in [-0.15, -0.1) is 11.8 Å². The fourth-order valence-corrected chi connectivity index (χ4v) is 3.05. The molecular weight excluding hydrogens is 314 g/mol. The van der Waals surface area contributed by atoms with E-state index in [0.29, 0.717) is 15.7 Å². The van der Waals surface area contributed by atoms with Crippen LogP contribution in [-0.4, -0.2) is 16.0 Å². The van der Waals surface area contributed by atoms with E-state index in [1.807, 2.05) is 12.1 Å². The summed E-state index contributed by atoms with van der Waals surface area (Å²) < 4.78 is 0. The van der Waals surface area contributed by atoms with Crippen molar-refractivity contribution >= 4 is 35.0 Å². The van der Waals surface area contributed by atoms with E-state index in [-0.39, 0.29) is 11.3 Å². The van der Waals surface area contributed by atoms with Gasteiger partial charge in [0, 0.05) is 27.8 Å². The Kier molecular flexibility index (Phi) is 4.82. The van der Waals surface area contributed by atoms with Gasteiger partial charge in [-0.25, -0.2) is 4.79 Å². The molecule has 0 fully saturated rings. The molecule has 0 radical (unpaired) electrons. The maximum absolute atomic E-state index is 11.2. The number of carboxylic acids is 1. The number of halogens is 1. The van der Waals surface area contributed by atoms with Gasteiger partial charge in [0.15, 0.2) is 0 Å². The van der Waals surface area contributed by atoms with E-state index in [4.69, 9.17) is 16.7 Å². The number of nitrogens with zero attached hydrogens (tertiary/aromatic N) is 1. The van der Waals surface area contributed by atoms with Crippen LogP contribution in [0, 0.1) is 10.1 Å². The molecule has 2 aromatic rings. The van der Waals surface area contributed by atoms with Gasteiger partial charge in [-0.2, -0.15) is 0 Å². The first-order valence-electron chi connectivity index (χ1n) is 5.87. The van der Waals surface area contributed by atoms with Crippen molar-refractivity contribution in [2.45, 2.75) is 10.6 Å². The van der Waals surface area contributed by atoms with Crippen molar-refractivity contribution in [3.05, 3.63) is 68.7 Å². The SMILES string of the molecule is O=C(O)c1ccc([N+](=O)[O-])cc1SCc1ccccc1Cl. The van der Waals surface area contributed by atoms with E-state index < -0.39 is 10.9 Å². The second-order valence-corrected chi connectivity index (χ2v) is 5.55. The monoisotopic (exact) mass is 323 g/mol.